The third-order valence-electron chi connectivity index (χ3n) is 4.01. The Morgan fingerprint density at radius 2 is 1.62 bits per heavy atom. The van der Waals surface area contributed by atoms with Gasteiger partial charge in [0.05, 0.1) is 4.90 Å². The van der Waals surface area contributed by atoms with E-state index in [1.54, 1.807) is 41.5 Å². The highest BCUT2D eigenvalue weighted by Crippen LogP contribution is 2.30. The van der Waals surface area contributed by atoms with Crippen molar-refractivity contribution in [2.75, 3.05) is 6.54 Å². The Morgan fingerprint density at radius 1 is 1.09 bits per heavy atom. The highest BCUT2D eigenvalue weighted by atomic mass is 35.5. The Hall–Kier alpha value is -1.91. The number of amides is 2. The summed E-state index contributed by atoms with van der Waals surface area (Å²) in [6.07, 6.45) is -0.421. The normalized spacial score (nSPS) is 18.6. The van der Waals surface area contributed by atoms with Gasteiger partial charge in [-0.3, -0.25) is 4.90 Å². The van der Waals surface area contributed by atoms with Crippen LogP contribution in [0.5, 0.6) is 0 Å². The van der Waals surface area contributed by atoms with E-state index in [0.29, 0.717) is 9.33 Å². The van der Waals surface area contributed by atoms with Gasteiger partial charge in [0.25, 0.3) is 10.0 Å². The molecular weight excluding hydrogens is 476 g/mol. The van der Waals surface area contributed by atoms with Gasteiger partial charge in [0.15, 0.2) is 0 Å². The fourth-order valence-corrected chi connectivity index (χ4v) is 4.44. The quantitative estimate of drug-likeness (QED) is 0.579. The van der Waals surface area contributed by atoms with Crippen molar-refractivity contribution in [1.82, 2.24) is 9.21 Å². The van der Waals surface area contributed by atoms with Gasteiger partial charge in [-0.05, 0) is 65.8 Å². The number of hydrogen-bond acceptors (Lipinski definition) is 7. The van der Waals surface area contributed by atoms with E-state index in [-0.39, 0.29) is 28.8 Å². The molecule has 1 unspecified atom stereocenters. The van der Waals surface area contributed by atoms with Crippen LogP contribution in [-0.4, -0.2) is 52.8 Å². The van der Waals surface area contributed by atoms with Crippen molar-refractivity contribution < 1.29 is 27.5 Å². The fourth-order valence-electron chi connectivity index (χ4n) is 2.76. The maximum absolute atomic E-state index is 13.3. The number of rotatable bonds is 3. The molecule has 1 saturated heterocycles. The average Bonchev–Trinajstić information content (AvgIpc) is 2.97. The summed E-state index contributed by atoms with van der Waals surface area (Å²) in [5, 5.41) is 0.0865. The molecule has 1 heterocycles. The summed E-state index contributed by atoms with van der Waals surface area (Å²) < 4.78 is 37.9. The first-order chi connectivity index (χ1) is 14.5. The van der Waals surface area contributed by atoms with Crippen LogP contribution in [0.2, 0.25) is 5.02 Å². The number of sulfonamides is 1. The van der Waals surface area contributed by atoms with E-state index in [1.807, 2.05) is 0 Å². The zero-order valence-corrected chi connectivity index (χ0v) is 21.4. The van der Waals surface area contributed by atoms with Gasteiger partial charge in [-0.15, -0.1) is 0 Å². The smallest absolute Gasteiger partial charge is 0.428 e. The molecule has 1 aromatic carbocycles. The Bertz CT molecular complexity index is 995. The molecule has 0 aliphatic carbocycles. The summed E-state index contributed by atoms with van der Waals surface area (Å²) in [7, 11) is -4.36. The first-order valence-corrected chi connectivity index (χ1v) is 12.3. The molecule has 2 amide bonds. The Morgan fingerprint density at radius 3 is 2.12 bits per heavy atom. The second-order valence-corrected chi connectivity index (χ2v) is 12.3. The summed E-state index contributed by atoms with van der Waals surface area (Å²) in [5.74, 6) is 0. The molecule has 2 rings (SSSR count). The van der Waals surface area contributed by atoms with E-state index >= 15 is 0 Å². The van der Waals surface area contributed by atoms with Gasteiger partial charge in [-0.1, -0.05) is 11.6 Å². The molecule has 1 aliphatic heterocycles. The fraction of sp³-hybridized carbons (Fsp3) is 0.524. The average molecular weight is 505 g/mol. The van der Waals surface area contributed by atoms with Crippen molar-refractivity contribution >= 4 is 46.4 Å². The van der Waals surface area contributed by atoms with Crippen LogP contribution < -0.4 is 0 Å². The Kier molecular flexibility index (Phi) is 7.84. The van der Waals surface area contributed by atoms with Crippen LogP contribution in [0.3, 0.4) is 0 Å². The summed E-state index contributed by atoms with van der Waals surface area (Å²) >= 11 is 10.3. The second kappa shape index (κ2) is 9.52. The maximum atomic E-state index is 13.3. The number of ether oxygens (including phenoxy) is 2. The van der Waals surface area contributed by atoms with Gasteiger partial charge in [-0.2, -0.15) is 16.9 Å². The molecular formula is C21H29ClN2O6S2. The largest absolute Gasteiger partial charge is 0.443 e. The topological polar surface area (TPSA) is 93.2 Å². The molecule has 1 aliphatic rings. The number of hydrogen-bond donors (Lipinski definition) is 1. The third-order valence-corrected chi connectivity index (χ3v) is 6.25. The number of thiol groups is 1. The number of allylic oxidation sites excluding steroid dienone is 1. The summed E-state index contributed by atoms with van der Waals surface area (Å²) in [5.41, 5.74) is -1.43. The van der Waals surface area contributed by atoms with Crippen LogP contribution in [0.4, 0.5) is 9.59 Å². The van der Waals surface area contributed by atoms with E-state index in [9.17, 15) is 18.0 Å². The number of carbonyl (C=O) groups excluding carboxylic acids is 2. The van der Waals surface area contributed by atoms with Crippen molar-refractivity contribution in [3.63, 3.8) is 0 Å². The molecule has 8 nitrogen and oxygen atoms in total. The summed E-state index contributed by atoms with van der Waals surface area (Å²) in [4.78, 5) is 26.7. The molecule has 32 heavy (non-hydrogen) atoms. The maximum Gasteiger partial charge on any atom is 0.428 e. The SMILES string of the molecule is CC(C)(C)OC(=O)N1CC(S)C/C1=C\N(C(=O)OC(C)(C)C)S(=O)(=O)c1ccc(Cl)cc1. The van der Waals surface area contributed by atoms with Crippen LogP contribution in [0.15, 0.2) is 41.1 Å². The molecule has 11 heteroatoms. The van der Waals surface area contributed by atoms with Crippen molar-refractivity contribution in [1.29, 1.82) is 0 Å². The number of carbonyl (C=O) groups is 2. The van der Waals surface area contributed by atoms with E-state index in [0.717, 1.165) is 6.20 Å². The van der Waals surface area contributed by atoms with Crippen molar-refractivity contribution in [2.45, 2.75) is 69.3 Å². The van der Waals surface area contributed by atoms with Gasteiger partial charge >= 0.3 is 12.2 Å². The lowest BCUT2D eigenvalue weighted by atomic mass is 10.2. The minimum atomic E-state index is -4.36. The standard InChI is InChI=1S/C21H29ClN2O6S2/c1-20(2,3)29-18(25)23-13-16(31)11-15(23)12-24(19(26)30-21(4,5)6)32(27,28)17-9-7-14(22)8-10-17/h7-10,12,16,31H,11,13H2,1-6H3/b15-12+. The van der Waals surface area contributed by atoms with Crippen LogP contribution in [-0.2, 0) is 19.5 Å². The molecule has 0 radical (unpaired) electrons. The lowest BCUT2D eigenvalue weighted by Crippen LogP contribution is -2.39. The molecule has 1 fully saturated rings. The zero-order valence-electron chi connectivity index (χ0n) is 19.0. The second-order valence-electron chi connectivity index (χ2n) is 9.30. The molecule has 1 atom stereocenters. The van der Waals surface area contributed by atoms with Gasteiger partial charge in [0.2, 0.25) is 0 Å². The van der Waals surface area contributed by atoms with E-state index in [1.165, 1.54) is 29.2 Å². The van der Waals surface area contributed by atoms with Crippen LogP contribution in [0, 0.1) is 0 Å². The van der Waals surface area contributed by atoms with Crippen molar-refractivity contribution in [3.8, 4) is 0 Å². The first kappa shape index (κ1) is 26.3. The minimum absolute atomic E-state index is 0.158. The highest BCUT2D eigenvalue weighted by molar-refractivity contribution is 7.89. The van der Waals surface area contributed by atoms with Gasteiger partial charge < -0.3 is 9.47 Å². The molecule has 0 bridgehead atoms. The lowest BCUT2D eigenvalue weighted by molar-refractivity contribution is 0.0326. The zero-order chi connectivity index (χ0) is 24.5. The van der Waals surface area contributed by atoms with Gasteiger partial charge in [-0.25, -0.2) is 18.0 Å². The van der Waals surface area contributed by atoms with E-state index in [2.05, 4.69) is 12.6 Å². The van der Waals surface area contributed by atoms with Gasteiger partial charge in [0, 0.05) is 35.1 Å². The number of likely N-dealkylation sites (tertiary alicyclic amines) is 1. The summed E-state index contributed by atoms with van der Waals surface area (Å²) in [6, 6.07) is 5.38. The Labute approximate surface area is 199 Å². The highest BCUT2D eigenvalue weighted by Gasteiger charge is 2.37. The van der Waals surface area contributed by atoms with E-state index in [4.69, 9.17) is 21.1 Å². The predicted molar refractivity (Wildman–Crippen MR) is 125 cm³/mol. The predicted octanol–water partition coefficient (Wildman–Crippen LogP) is 5.05. The molecule has 0 N–H and O–H groups in total. The number of benzene rings is 1. The van der Waals surface area contributed by atoms with E-state index < -0.39 is 33.4 Å². The monoisotopic (exact) mass is 504 g/mol. The minimum Gasteiger partial charge on any atom is -0.443 e. The lowest BCUT2D eigenvalue weighted by Gasteiger charge is -2.27. The van der Waals surface area contributed by atoms with Crippen LogP contribution >= 0.6 is 24.2 Å². The molecule has 0 saturated carbocycles. The number of nitrogens with zero attached hydrogens (tertiary/aromatic N) is 2. The summed E-state index contributed by atoms with van der Waals surface area (Å²) in [6.45, 7) is 10.2. The molecule has 178 valence electrons. The first-order valence-electron chi connectivity index (χ1n) is 9.92. The molecule has 0 aromatic heterocycles. The van der Waals surface area contributed by atoms with Crippen LogP contribution in [0.25, 0.3) is 0 Å². The van der Waals surface area contributed by atoms with Crippen molar-refractivity contribution in [3.05, 3.63) is 41.2 Å². The van der Waals surface area contributed by atoms with Gasteiger partial charge in [0.1, 0.15) is 11.2 Å². The molecule has 0 spiro atoms. The Balaban J connectivity index is 2.53. The number of halogens is 1. The van der Waals surface area contributed by atoms with Crippen molar-refractivity contribution in [2.24, 2.45) is 0 Å². The molecule has 1 aromatic rings. The van der Waals surface area contributed by atoms with Crippen LogP contribution in [0.1, 0.15) is 48.0 Å². The third kappa shape index (κ3) is 7.05.